The van der Waals surface area contributed by atoms with E-state index in [4.69, 9.17) is 5.73 Å². The van der Waals surface area contributed by atoms with Crippen molar-refractivity contribution in [3.8, 4) is 0 Å². The Morgan fingerprint density at radius 2 is 1.80 bits per heavy atom. The summed E-state index contributed by atoms with van der Waals surface area (Å²) in [5.74, 6) is -0.324. The van der Waals surface area contributed by atoms with Crippen molar-refractivity contribution < 1.29 is 9.59 Å². The summed E-state index contributed by atoms with van der Waals surface area (Å²) in [5.41, 5.74) is 5.25. The van der Waals surface area contributed by atoms with Crippen LogP contribution in [0.5, 0.6) is 0 Å². The van der Waals surface area contributed by atoms with Crippen LogP contribution in [0.25, 0.3) is 0 Å². The molecule has 3 fully saturated rings. The Balaban J connectivity index is 1.48. The van der Waals surface area contributed by atoms with Gasteiger partial charge in [0.15, 0.2) is 5.43 Å². The maximum Gasteiger partial charge on any atom is 0.272 e. The van der Waals surface area contributed by atoms with Crippen LogP contribution in [0.4, 0.5) is 0 Å². The molecule has 4 heterocycles. The molecular formula is C22H31N5O3. The van der Waals surface area contributed by atoms with E-state index in [0.717, 1.165) is 38.9 Å². The summed E-state index contributed by atoms with van der Waals surface area (Å²) in [4.78, 5) is 44.6. The lowest BCUT2D eigenvalue weighted by Gasteiger charge is -2.55. The second kappa shape index (κ2) is 7.81. The maximum absolute atomic E-state index is 13.6. The molecular weight excluding hydrogens is 382 g/mol. The van der Waals surface area contributed by atoms with Gasteiger partial charge in [0.05, 0.1) is 6.54 Å². The largest absolute Gasteiger partial charge is 0.365 e. The highest BCUT2D eigenvalue weighted by Crippen LogP contribution is 2.38. The fraction of sp³-hybridized carbons (Fsp3) is 0.682. The van der Waals surface area contributed by atoms with Crippen LogP contribution in [0.15, 0.2) is 17.1 Å². The smallest absolute Gasteiger partial charge is 0.272 e. The van der Waals surface area contributed by atoms with E-state index in [1.165, 1.54) is 44.6 Å². The number of carbonyl (C=O) groups excluding carboxylic acids is 2. The van der Waals surface area contributed by atoms with Gasteiger partial charge in [-0.15, -0.1) is 0 Å². The number of nitrogens with zero attached hydrogens (tertiary/aromatic N) is 4. The highest BCUT2D eigenvalue weighted by atomic mass is 16.2. The first-order chi connectivity index (χ1) is 14.5. The molecule has 162 valence electrons. The minimum atomic E-state index is -0.743. The van der Waals surface area contributed by atoms with Gasteiger partial charge in [-0.1, -0.05) is 12.8 Å². The van der Waals surface area contributed by atoms with Gasteiger partial charge in [0.2, 0.25) is 0 Å². The molecule has 1 saturated carbocycles. The van der Waals surface area contributed by atoms with Crippen molar-refractivity contribution in [1.82, 2.24) is 19.3 Å². The summed E-state index contributed by atoms with van der Waals surface area (Å²) in [6.07, 6.45) is 8.58. The highest BCUT2D eigenvalue weighted by Gasteiger charge is 2.47. The molecule has 3 atom stereocenters. The fourth-order valence-corrected chi connectivity index (χ4v) is 6.00. The normalized spacial score (nSPS) is 29.4. The average Bonchev–Trinajstić information content (AvgIpc) is 3.25. The van der Waals surface area contributed by atoms with Gasteiger partial charge in [0, 0.05) is 37.9 Å². The summed E-state index contributed by atoms with van der Waals surface area (Å²) in [6.45, 7) is 5.89. The number of hydrogen-bond donors (Lipinski definition) is 1. The Kier molecular flexibility index (Phi) is 5.14. The van der Waals surface area contributed by atoms with Crippen LogP contribution in [0.2, 0.25) is 0 Å². The molecule has 2 N–H and O–H groups in total. The lowest BCUT2D eigenvalue weighted by Crippen LogP contribution is -2.68. The molecule has 1 aromatic heterocycles. The van der Waals surface area contributed by atoms with Crippen LogP contribution in [-0.2, 0) is 6.54 Å². The Bertz CT molecular complexity index is 907. The zero-order valence-corrected chi connectivity index (χ0v) is 17.5. The summed E-state index contributed by atoms with van der Waals surface area (Å²) in [6, 6.07) is 1.55. The molecule has 0 aromatic carbocycles. The number of primary amides is 1. The molecule has 5 rings (SSSR count). The number of aromatic nitrogens is 1. The van der Waals surface area contributed by atoms with Gasteiger partial charge in [0.25, 0.3) is 11.8 Å². The number of pyridine rings is 1. The molecule has 1 aromatic rings. The number of amides is 2. The molecule has 2 amide bonds. The van der Waals surface area contributed by atoms with Crippen molar-refractivity contribution in [2.24, 2.45) is 11.7 Å². The van der Waals surface area contributed by atoms with E-state index in [1.54, 1.807) is 4.57 Å². The SMILES string of the molecule is NC(=O)c1cn2c(cc1=O)C(=O)N1C3CCCCC3CN(CCN3CCCC3)C1C2. The molecule has 30 heavy (non-hydrogen) atoms. The summed E-state index contributed by atoms with van der Waals surface area (Å²) >= 11 is 0. The first-order valence-electron chi connectivity index (χ1n) is 11.4. The summed E-state index contributed by atoms with van der Waals surface area (Å²) < 4.78 is 1.77. The molecule has 0 radical (unpaired) electrons. The number of rotatable bonds is 4. The van der Waals surface area contributed by atoms with Crippen LogP contribution in [-0.4, -0.2) is 76.0 Å². The van der Waals surface area contributed by atoms with Crippen molar-refractivity contribution in [1.29, 1.82) is 0 Å². The zero-order chi connectivity index (χ0) is 20.8. The van der Waals surface area contributed by atoms with Crippen LogP contribution in [0.3, 0.4) is 0 Å². The molecule has 1 aliphatic carbocycles. The molecule has 3 unspecified atom stereocenters. The minimum Gasteiger partial charge on any atom is -0.365 e. The Labute approximate surface area is 176 Å². The maximum atomic E-state index is 13.6. The lowest BCUT2D eigenvalue weighted by molar-refractivity contribution is -0.0748. The standard InChI is InChI=1S/C22H31N5O3/c23-21(29)16-13-26-14-20-25(10-9-24-7-3-4-8-24)12-15-5-1-2-6-17(15)27(20)22(30)18(26)11-19(16)28/h11,13,15,17,20H,1-10,12,14H2,(H2,23,29). The van der Waals surface area contributed by atoms with Crippen molar-refractivity contribution in [2.75, 3.05) is 32.7 Å². The lowest BCUT2D eigenvalue weighted by atomic mass is 9.80. The molecule has 4 aliphatic rings. The third kappa shape index (κ3) is 3.36. The van der Waals surface area contributed by atoms with E-state index >= 15 is 0 Å². The monoisotopic (exact) mass is 413 g/mol. The van der Waals surface area contributed by atoms with Crippen LogP contribution >= 0.6 is 0 Å². The average molecular weight is 414 g/mol. The molecule has 3 aliphatic heterocycles. The number of hydrogen-bond acceptors (Lipinski definition) is 5. The van der Waals surface area contributed by atoms with Crippen molar-refractivity contribution in [3.05, 3.63) is 33.7 Å². The van der Waals surface area contributed by atoms with E-state index in [-0.39, 0.29) is 23.7 Å². The third-order valence-corrected chi connectivity index (χ3v) is 7.55. The Morgan fingerprint density at radius 3 is 2.57 bits per heavy atom. The minimum absolute atomic E-state index is 0.0322. The predicted molar refractivity (Wildman–Crippen MR) is 112 cm³/mol. The van der Waals surface area contributed by atoms with Gasteiger partial charge >= 0.3 is 0 Å². The Hall–Kier alpha value is -2.19. The van der Waals surface area contributed by atoms with Crippen LogP contribution in [0, 0.1) is 5.92 Å². The van der Waals surface area contributed by atoms with Crippen LogP contribution in [0.1, 0.15) is 59.4 Å². The molecule has 0 spiro atoms. The van der Waals surface area contributed by atoms with Crippen LogP contribution < -0.4 is 11.2 Å². The second-order valence-corrected chi connectivity index (χ2v) is 9.30. The van der Waals surface area contributed by atoms with Crippen molar-refractivity contribution in [2.45, 2.75) is 57.3 Å². The first kappa shape index (κ1) is 19.8. The zero-order valence-electron chi connectivity index (χ0n) is 17.5. The highest BCUT2D eigenvalue weighted by molar-refractivity contribution is 5.96. The van der Waals surface area contributed by atoms with E-state index in [9.17, 15) is 14.4 Å². The fourth-order valence-electron chi connectivity index (χ4n) is 6.00. The van der Waals surface area contributed by atoms with Gasteiger partial charge in [-0.3, -0.25) is 19.3 Å². The van der Waals surface area contributed by atoms with E-state index < -0.39 is 11.3 Å². The third-order valence-electron chi connectivity index (χ3n) is 7.55. The van der Waals surface area contributed by atoms with Crippen molar-refractivity contribution in [3.63, 3.8) is 0 Å². The van der Waals surface area contributed by atoms with Gasteiger partial charge in [-0.2, -0.15) is 0 Å². The topological polar surface area (TPSA) is 91.9 Å². The quantitative estimate of drug-likeness (QED) is 0.785. The number of likely N-dealkylation sites (tertiary alicyclic amines) is 1. The van der Waals surface area contributed by atoms with Gasteiger partial charge in [-0.05, 0) is 44.7 Å². The summed E-state index contributed by atoms with van der Waals surface area (Å²) in [5, 5.41) is 0. The number of carbonyl (C=O) groups is 2. The summed E-state index contributed by atoms with van der Waals surface area (Å²) in [7, 11) is 0. The van der Waals surface area contributed by atoms with E-state index in [0.29, 0.717) is 18.2 Å². The second-order valence-electron chi connectivity index (χ2n) is 9.30. The number of nitrogens with two attached hydrogens (primary N) is 1. The van der Waals surface area contributed by atoms with Gasteiger partial charge < -0.3 is 20.1 Å². The Morgan fingerprint density at radius 1 is 1.03 bits per heavy atom. The molecule has 8 nitrogen and oxygen atoms in total. The molecule has 8 heteroatoms. The van der Waals surface area contributed by atoms with E-state index in [1.807, 2.05) is 0 Å². The number of fused-ring (bicyclic) bond motifs is 4. The molecule has 2 saturated heterocycles. The van der Waals surface area contributed by atoms with Gasteiger partial charge in [-0.25, -0.2) is 0 Å². The first-order valence-corrected chi connectivity index (χ1v) is 11.4. The van der Waals surface area contributed by atoms with Crippen molar-refractivity contribution >= 4 is 11.8 Å². The van der Waals surface area contributed by atoms with E-state index in [2.05, 4.69) is 14.7 Å². The predicted octanol–water partition coefficient (Wildman–Crippen LogP) is 0.699. The molecule has 0 bridgehead atoms. The van der Waals surface area contributed by atoms with Gasteiger partial charge in [0.1, 0.15) is 17.4 Å².